The second-order valence-corrected chi connectivity index (χ2v) is 18.1. The first-order chi connectivity index (χ1) is 35.3. The number of anilines is 4. The molecule has 0 saturated carbocycles. The number of hydrogen-bond acceptors (Lipinski definition) is 14. The Balaban J connectivity index is 0.000000395. The zero-order valence-corrected chi connectivity index (χ0v) is 41.5. The number of carbonyl (C=O) groups excluding carboxylic acids is 8. The van der Waals surface area contributed by atoms with Crippen molar-refractivity contribution in [1.82, 2.24) is 10.6 Å². The van der Waals surface area contributed by atoms with E-state index in [9.17, 15) is 38.4 Å². The smallest absolute Gasteiger partial charge is 0.255 e. The number of aliphatic imine (C=N–C) groups is 1. The molecular formula is C54H74N12O10. The van der Waals surface area contributed by atoms with Crippen molar-refractivity contribution in [3.63, 3.8) is 0 Å². The monoisotopic (exact) mass is 1050 g/mol. The normalized spacial score (nSPS) is 17.3. The van der Waals surface area contributed by atoms with E-state index in [0.717, 1.165) is 0 Å². The molecule has 2 heterocycles. The van der Waals surface area contributed by atoms with Gasteiger partial charge in [0.2, 0.25) is 23.6 Å². The van der Waals surface area contributed by atoms with Crippen molar-refractivity contribution in [3.8, 4) is 11.5 Å². The van der Waals surface area contributed by atoms with Gasteiger partial charge >= 0.3 is 0 Å². The van der Waals surface area contributed by atoms with Gasteiger partial charge in [-0.1, -0.05) is 53.7 Å². The number of nitrogens with one attached hydrogen (secondary N) is 4. The Morgan fingerprint density at radius 2 is 1.17 bits per heavy atom. The van der Waals surface area contributed by atoms with Crippen LogP contribution in [0.2, 0.25) is 0 Å². The van der Waals surface area contributed by atoms with Gasteiger partial charge in [0, 0.05) is 76.2 Å². The van der Waals surface area contributed by atoms with Crippen LogP contribution in [-0.2, 0) is 32.4 Å². The van der Waals surface area contributed by atoms with E-state index >= 15 is 0 Å². The van der Waals surface area contributed by atoms with Crippen LogP contribution >= 0.6 is 0 Å². The third-order valence-corrected chi connectivity index (χ3v) is 12.5. The van der Waals surface area contributed by atoms with Gasteiger partial charge in [0.15, 0.2) is 17.5 Å². The first-order valence-electron chi connectivity index (χ1n) is 24.2. The minimum Gasteiger partial charge on any atom is -0.488 e. The molecule has 4 aromatic rings. The Labute approximate surface area is 443 Å². The van der Waals surface area contributed by atoms with Crippen LogP contribution in [0.3, 0.4) is 0 Å². The number of ether oxygens (including phenoxy) is 2. The molecule has 18 N–H and O–H groups in total. The number of unbranched alkanes of at least 4 members (excludes halogenated alkanes) is 1. The van der Waals surface area contributed by atoms with Crippen LogP contribution in [0.5, 0.6) is 11.5 Å². The first kappa shape index (κ1) is 61.8. The fourth-order valence-corrected chi connectivity index (χ4v) is 8.14. The summed E-state index contributed by atoms with van der Waals surface area (Å²) in [5.74, 6) is -4.91. The molecule has 0 radical (unpaired) electrons. The van der Waals surface area contributed by atoms with Gasteiger partial charge in [0.1, 0.15) is 24.7 Å². The maximum absolute atomic E-state index is 13.6. The van der Waals surface area contributed by atoms with Crippen LogP contribution in [-0.4, -0.2) is 78.6 Å². The summed E-state index contributed by atoms with van der Waals surface area (Å²) in [4.78, 5) is 107. The Kier molecular flexibility index (Phi) is 23.9. The maximum Gasteiger partial charge on any atom is 0.255 e. The van der Waals surface area contributed by atoms with Gasteiger partial charge in [0.05, 0.1) is 23.7 Å². The molecule has 4 atom stereocenters. The number of primary amides is 2. The summed E-state index contributed by atoms with van der Waals surface area (Å²) in [7, 11) is 0. The lowest BCUT2D eigenvalue weighted by molar-refractivity contribution is -0.128. The molecule has 0 aromatic heterocycles. The van der Waals surface area contributed by atoms with Crippen LogP contribution in [0.25, 0.3) is 0 Å². The molecule has 0 unspecified atom stereocenters. The molecule has 410 valence electrons. The second-order valence-electron chi connectivity index (χ2n) is 18.1. The number of rotatable bonds is 12. The highest BCUT2D eigenvalue weighted by Gasteiger charge is 2.32. The van der Waals surface area contributed by atoms with Crippen LogP contribution < -0.4 is 70.9 Å². The van der Waals surface area contributed by atoms with E-state index in [0.29, 0.717) is 78.9 Å². The number of amides is 6. The molecule has 76 heavy (non-hydrogen) atoms. The van der Waals surface area contributed by atoms with Crippen molar-refractivity contribution in [2.75, 3.05) is 41.7 Å². The number of fused-ring (bicyclic) bond motifs is 4. The summed E-state index contributed by atoms with van der Waals surface area (Å²) in [6.45, 7) is 4.24. The largest absolute Gasteiger partial charge is 0.488 e. The van der Waals surface area contributed by atoms with Crippen molar-refractivity contribution < 1.29 is 47.8 Å². The van der Waals surface area contributed by atoms with E-state index < -0.39 is 47.4 Å². The van der Waals surface area contributed by atoms with E-state index in [1.807, 2.05) is 13.8 Å². The number of nitrogens with two attached hydrogens (primary N) is 7. The van der Waals surface area contributed by atoms with Gasteiger partial charge in [-0.05, 0) is 98.8 Å². The molecule has 22 heteroatoms. The van der Waals surface area contributed by atoms with Crippen LogP contribution in [0, 0.1) is 17.8 Å². The summed E-state index contributed by atoms with van der Waals surface area (Å²) in [5.41, 5.74) is 42.3. The quantitative estimate of drug-likeness (QED) is 0.0408. The minimum atomic E-state index is -0.850. The van der Waals surface area contributed by atoms with E-state index in [4.69, 9.17) is 49.6 Å². The summed E-state index contributed by atoms with van der Waals surface area (Å²) >= 11 is 0. The number of carbonyl (C=O) groups is 8. The van der Waals surface area contributed by atoms with E-state index in [1.54, 1.807) is 36.4 Å². The average Bonchev–Trinajstić information content (AvgIpc) is 3.36. The highest BCUT2D eigenvalue weighted by molar-refractivity contribution is 6.04. The predicted molar refractivity (Wildman–Crippen MR) is 293 cm³/mol. The lowest BCUT2D eigenvalue weighted by Gasteiger charge is -2.26. The second kappa shape index (κ2) is 29.4. The third kappa shape index (κ3) is 17.6. The molecule has 0 saturated heterocycles. The minimum absolute atomic E-state index is 0. The van der Waals surface area contributed by atoms with Crippen LogP contribution in [0.4, 0.5) is 22.7 Å². The number of benzene rings is 4. The van der Waals surface area contributed by atoms with E-state index in [1.165, 1.54) is 36.4 Å². The zero-order chi connectivity index (χ0) is 54.1. The van der Waals surface area contributed by atoms with Gasteiger partial charge in [-0.3, -0.25) is 43.3 Å². The standard InChI is InChI=1S/C28H37N7O5.C24H29N5O5.2CH4/c1-3-15(2)24-22(36)12-17(5-4-10-33-28(31)32)26(38)34-21-11-16(25(30)37)6-7-18(21)14-40-23-9-8-19(29)13-20(23)27(39)35-24;25-8-2-1-3-15-9-18(30)12-28-24(33)19-11-17(26)6-7-21(19)34-13-16-5-4-14(22(27)31)10-20(16)29-23(15)32;;/h6-9,11,13,15,17,24H,3-5,10,12,14,29H2,1-2H3,(H2,30,37)(H,34,38)(H,35,39)(H4,31,32,33);4-7,10-11,15H,1-3,8-9,12-13,25-26H2,(H2,27,31)(H,28,33)(H,29,32);2*1H4/t15-,17+,24-;15-;;/m01../s1. The van der Waals surface area contributed by atoms with Gasteiger partial charge in [-0.15, -0.1) is 0 Å². The van der Waals surface area contributed by atoms with Gasteiger partial charge in [0.25, 0.3) is 11.8 Å². The molecule has 0 bridgehead atoms. The summed E-state index contributed by atoms with van der Waals surface area (Å²) in [6, 6.07) is 17.6. The molecule has 6 amide bonds. The van der Waals surface area contributed by atoms with Crippen molar-refractivity contribution in [2.24, 2.45) is 51.4 Å². The van der Waals surface area contributed by atoms with Crippen molar-refractivity contribution >= 4 is 75.7 Å². The van der Waals surface area contributed by atoms with Crippen molar-refractivity contribution in [2.45, 2.75) is 99.3 Å². The summed E-state index contributed by atoms with van der Waals surface area (Å²) < 4.78 is 11.9. The lowest BCUT2D eigenvalue weighted by atomic mass is 9.87. The zero-order valence-electron chi connectivity index (χ0n) is 41.5. The highest BCUT2D eigenvalue weighted by atomic mass is 16.5. The molecule has 0 fully saturated rings. The molecule has 22 nitrogen and oxygen atoms in total. The highest BCUT2D eigenvalue weighted by Crippen LogP contribution is 2.30. The molecule has 0 spiro atoms. The van der Waals surface area contributed by atoms with Crippen LogP contribution in [0.15, 0.2) is 77.8 Å². The summed E-state index contributed by atoms with van der Waals surface area (Å²) in [6.07, 6.45) is 2.99. The van der Waals surface area contributed by atoms with Gasteiger partial charge < -0.3 is 70.9 Å². The molecule has 0 aliphatic carbocycles. The fraction of sp³-hybridized carbons (Fsp3) is 0.389. The molecular weight excluding hydrogens is 977 g/mol. The van der Waals surface area contributed by atoms with E-state index in [-0.39, 0.29) is 117 Å². The Bertz CT molecular complexity index is 2780. The lowest BCUT2D eigenvalue weighted by Crippen LogP contribution is -2.46. The number of guanidine groups is 1. The third-order valence-electron chi connectivity index (χ3n) is 12.5. The number of Topliss-reactive ketones (excluding diaryl/α,β-unsaturated/α-hetero) is 2. The van der Waals surface area contributed by atoms with E-state index in [2.05, 4.69) is 26.3 Å². The Hall–Kier alpha value is -8.53. The predicted octanol–water partition coefficient (Wildman–Crippen LogP) is 4.28. The number of nitrogens with zero attached hydrogens (tertiary/aromatic N) is 1. The number of hydrogen-bond donors (Lipinski definition) is 11. The Morgan fingerprint density at radius 3 is 1.66 bits per heavy atom. The topological polar surface area (TPSA) is 398 Å². The molecule has 2 aliphatic heterocycles. The average molecular weight is 1050 g/mol. The molecule has 2 aliphatic rings. The maximum atomic E-state index is 13.6. The van der Waals surface area contributed by atoms with Crippen molar-refractivity contribution in [3.05, 3.63) is 106 Å². The molecule has 4 aromatic carbocycles. The van der Waals surface area contributed by atoms with Crippen LogP contribution in [0.1, 0.15) is 133 Å². The first-order valence-corrected chi connectivity index (χ1v) is 24.2. The van der Waals surface area contributed by atoms with Gasteiger partial charge in [-0.2, -0.15) is 0 Å². The SMILES string of the molecule is C.C.CC[C@H](C)[C@@H]1NC(=O)c2cc(N)ccc2OCc2ccc(C(N)=O)cc2NC(=O)[C@H](CCCN=C(N)N)CC1=O.NCCCC[C@@H]1CC(=O)CNC(=O)c2cc(N)ccc2OCc2ccc(C(N)=O)cc2NC1=O. The Morgan fingerprint density at radius 1 is 0.671 bits per heavy atom. The fourth-order valence-electron chi connectivity index (χ4n) is 8.14. The molecule has 6 rings (SSSR count). The van der Waals surface area contributed by atoms with Gasteiger partial charge in [-0.25, -0.2) is 0 Å². The van der Waals surface area contributed by atoms with Crippen molar-refractivity contribution in [1.29, 1.82) is 0 Å². The summed E-state index contributed by atoms with van der Waals surface area (Å²) in [5, 5.41) is 11.1. The number of ketones is 2. The number of nitrogen functional groups attached to an aromatic ring is 2.